The third-order valence-electron chi connectivity index (χ3n) is 4.06. The van der Waals surface area contributed by atoms with E-state index in [2.05, 4.69) is 16.5 Å². The first-order chi connectivity index (χ1) is 8.61. The molecule has 4 nitrogen and oxygen atoms in total. The third-order valence-corrected chi connectivity index (χ3v) is 4.43. The number of hydrogen-bond acceptors (Lipinski definition) is 3. The second-order valence-corrected chi connectivity index (χ2v) is 5.44. The third kappa shape index (κ3) is 2.38. The Hall–Kier alpha value is -1.05. The summed E-state index contributed by atoms with van der Waals surface area (Å²) in [5.41, 5.74) is 0.523. The van der Waals surface area contributed by atoms with Crippen LogP contribution in [-0.4, -0.2) is 22.4 Å². The number of halogens is 1. The first-order valence-corrected chi connectivity index (χ1v) is 6.79. The van der Waals surface area contributed by atoms with Crippen molar-refractivity contribution in [3.63, 3.8) is 0 Å². The summed E-state index contributed by atoms with van der Waals surface area (Å²) in [5.74, 6) is 0.399. The van der Waals surface area contributed by atoms with E-state index in [9.17, 15) is 5.26 Å². The van der Waals surface area contributed by atoms with Crippen molar-refractivity contribution in [3.8, 4) is 6.07 Å². The standard InChI is InChI=1S/C13H19ClN4/c1-10-12(14)8-18(17-10)7-5-11-4-3-6-13(11,9-15)16-2/h8,11,16H,3-7H2,1-2H3. The van der Waals surface area contributed by atoms with E-state index in [1.807, 2.05) is 24.9 Å². The van der Waals surface area contributed by atoms with Gasteiger partial charge >= 0.3 is 0 Å². The monoisotopic (exact) mass is 266 g/mol. The molecule has 1 fully saturated rings. The highest BCUT2D eigenvalue weighted by Crippen LogP contribution is 2.37. The van der Waals surface area contributed by atoms with E-state index in [1.165, 1.54) is 0 Å². The average Bonchev–Trinajstić information content (AvgIpc) is 2.91. The van der Waals surface area contributed by atoms with Gasteiger partial charge in [0.1, 0.15) is 5.54 Å². The molecule has 2 unspecified atom stereocenters. The van der Waals surface area contributed by atoms with Gasteiger partial charge in [-0.1, -0.05) is 18.0 Å². The lowest BCUT2D eigenvalue weighted by molar-refractivity contribution is 0.303. The largest absolute Gasteiger partial charge is 0.302 e. The van der Waals surface area contributed by atoms with Gasteiger partial charge in [0.25, 0.3) is 0 Å². The summed E-state index contributed by atoms with van der Waals surface area (Å²) >= 11 is 5.99. The van der Waals surface area contributed by atoms with E-state index < -0.39 is 0 Å². The summed E-state index contributed by atoms with van der Waals surface area (Å²) in [4.78, 5) is 0. The van der Waals surface area contributed by atoms with Crippen LogP contribution in [0.4, 0.5) is 0 Å². The maximum atomic E-state index is 9.38. The Morgan fingerprint density at radius 2 is 2.50 bits per heavy atom. The summed E-state index contributed by atoms with van der Waals surface area (Å²) in [6, 6.07) is 2.46. The van der Waals surface area contributed by atoms with Crippen LogP contribution in [-0.2, 0) is 6.54 Å². The highest BCUT2D eigenvalue weighted by Gasteiger charge is 2.41. The lowest BCUT2D eigenvalue weighted by atomic mass is 9.86. The molecule has 1 aliphatic rings. The molecule has 0 aromatic carbocycles. The molecule has 1 aliphatic carbocycles. The summed E-state index contributed by atoms with van der Waals surface area (Å²) in [6.45, 7) is 2.73. The molecule has 0 bridgehead atoms. The molecule has 18 heavy (non-hydrogen) atoms. The Balaban J connectivity index is 2.00. The Bertz CT molecular complexity index is 443. The van der Waals surface area contributed by atoms with Crippen molar-refractivity contribution in [2.24, 2.45) is 5.92 Å². The number of hydrogen-bond donors (Lipinski definition) is 1. The lowest BCUT2D eigenvalue weighted by Gasteiger charge is -2.28. The molecule has 2 rings (SSSR count). The molecule has 1 heterocycles. The van der Waals surface area contributed by atoms with Gasteiger partial charge in [-0.3, -0.25) is 4.68 Å². The molecule has 0 aliphatic heterocycles. The Morgan fingerprint density at radius 3 is 3.06 bits per heavy atom. The maximum absolute atomic E-state index is 9.38. The minimum Gasteiger partial charge on any atom is -0.302 e. The fourth-order valence-electron chi connectivity index (χ4n) is 2.90. The highest BCUT2D eigenvalue weighted by atomic mass is 35.5. The number of aromatic nitrogens is 2. The van der Waals surface area contributed by atoms with Gasteiger partial charge in [0.2, 0.25) is 0 Å². The maximum Gasteiger partial charge on any atom is 0.109 e. The lowest BCUT2D eigenvalue weighted by Crippen LogP contribution is -2.45. The number of rotatable bonds is 4. The minimum atomic E-state index is -0.341. The fraction of sp³-hybridized carbons (Fsp3) is 0.692. The van der Waals surface area contributed by atoms with E-state index in [1.54, 1.807) is 0 Å². The van der Waals surface area contributed by atoms with Crippen LogP contribution in [0.25, 0.3) is 0 Å². The van der Waals surface area contributed by atoms with Crippen LogP contribution in [0.1, 0.15) is 31.4 Å². The summed E-state index contributed by atoms with van der Waals surface area (Å²) < 4.78 is 1.88. The molecular formula is C13H19ClN4. The summed E-state index contributed by atoms with van der Waals surface area (Å²) in [6.07, 6.45) is 6.01. The van der Waals surface area contributed by atoms with Gasteiger partial charge in [-0.05, 0) is 39.2 Å². The summed E-state index contributed by atoms with van der Waals surface area (Å²) in [5, 5.41) is 17.7. The van der Waals surface area contributed by atoms with Gasteiger partial charge in [0.05, 0.1) is 16.8 Å². The predicted molar refractivity (Wildman–Crippen MR) is 71.3 cm³/mol. The zero-order valence-electron chi connectivity index (χ0n) is 10.9. The Kier molecular flexibility index (Phi) is 3.94. The van der Waals surface area contributed by atoms with E-state index >= 15 is 0 Å². The Labute approximate surface area is 113 Å². The molecule has 0 saturated heterocycles. The molecule has 5 heteroatoms. The molecule has 1 aromatic heterocycles. The van der Waals surface area contributed by atoms with Crippen molar-refractivity contribution < 1.29 is 0 Å². The minimum absolute atomic E-state index is 0.341. The van der Waals surface area contributed by atoms with E-state index in [0.717, 1.165) is 37.9 Å². The second kappa shape index (κ2) is 5.29. The van der Waals surface area contributed by atoms with Gasteiger partial charge in [-0.15, -0.1) is 0 Å². The van der Waals surface area contributed by atoms with Crippen LogP contribution in [0.2, 0.25) is 5.02 Å². The molecule has 0 amide bonds. The van der Waals surface area contributed by atoms with Crippen LogP contribution in [0, 0.1) is 24.2 Å². The van der Waals surface area contributed by atoms with Crippen molar-refractivity contribution in [2.45, 2.75) is 44.7 Å². The first kappa shape index (κ1) is 13.4. The first-order valence-electron chi connectivity index (χ1n) is 6.41. The zero-order chi connectivity index (χ0) is 13.2. The smallest absolute Gasteiger partial charge is 0.109 e. The van der Waals surface area contributed by atoms with Crippen LogP contribution in [0.5, 0.6) is 0 Å². The highest BCUT2D eigenvalue weighted by molar-refractivity contribution is 6.31. The van der Waals surface area contributed by atoms with Crippen LogP contribution < -0.4 is 5.32 Å². The van der Waals surface area contributed by atoms with Crippen molar-refractivity contribution in [1.29, 1.82) is 5.26 Å². The quantitative estimate of drug-likeness (QED) is 0.911. The molecule has 2 atom stereocenters. The molecule has 98 valence electrons. The van der Waals surface area contributed by atoms with Gasteiger partial charge in [0, 0.05) is 12.7 Å². The van der Waals surface area contributed by atoms with E-state index in [4.69, 9.17) is 11.6 Å². The van der Waals surface area contributed by atoms with Crippen molar-refractivity contribution >= 4 is 11.6 Å². The molecule has 0 spiro atoms. The van der Waals surface area contributed by atoms with Crippen molar-refractivity contribution in [3.05, 3.63) is 16.9 Å². The predicted octanol–water partition coefficient (Wildman–Crippen LogP) is 2.52. The summed E-state index contributed by atoms with van der Waals surface area (Å²) in [7, 11) is 1.89. The molecule has 1 N–H and O–H groups in total. The number of nitrogens with one attached hydrogen (secondary N) is 1. The molecule has 1 saturated carbocycles. The van der Waals surface area contributed by atoms with E-state index in [-0.39, 0.29) is 5.54 Å². The van der Waals surface area contributed by atoms with Crippen LogP contribution in [0.15, 0.2) is 6.20 Å². The van der Waals surface area contributed by atoms with Gasteiger partial charge in [-0.25, -0.2) is 0 Å². The zero-order valence-corrected chi connectivity index (χ0v) is 11.7. The molecule has 0 radical (unpaired) electrons. The number of aryl methyl sites for hydroxylation is 2. The number of nitriles is 1. The fourth-order valence-corrected chi connectivity index (χ4v) is 3.05. The molecular weight excluding hydrogens is 248 g/mol. The van der Waals surface area contributed by atoms with Crippen LogP contribution >= 0.6 is 11.6 Å². The average molecular weight is 267 g/mol. The van der Waals surface area contributed by atoms with Crippen molar-refractivity contribution in [1.82, 2.24) is 15.1 Å². The Morgan fingerprint density at radius 1 is 1.72 bits per heavy atom. The van der Waals surface area contributed by atoms with E-state index in [0.29, 0.717) is 10.9 Å². The normalized spacial score (nSPS) is 27.3. The van der Waals surface area contributed by atoms with Gasteiger partial charge < -0.3 is 5.32 Å². The van der Waals surface area contributed by atoms with Gasteiger partial charge in [-0.2, -0.15) is 10.4 Å². The second-order valence-electron chi connectivity index (χ2n) is 5.04. The van der Waals surface area contributed by atoms with Crippen molar-refractivity contribution in [2.75, 3.05) is 7.05 Å². The number of nitrogens with zero attached hydrogens (tertiary/aromatic N) is 3. The van der Waals surface area contributed by atoms with Crippen LogP contribution in [0.3, 0.4) is 0 Å². The topological polar surface area (TPSA) is 53.6 Å². The SMILES string of the molecule is CNC1(C#N)CCCC1CCn1cc(Cl)c(C)n1. The van der Waals surface area contributed by atoms with Gasteiger partial charge in [0.15, 0.2) is 0 Å². The molecule has 1 aromatic rings.